The van der Waals surface area contributed by atoms with E-state index >= 15 is 0 Å². The van der Waals surface area contributed by atoms with Crippen molar-refractivity contribution in [3.63, 3.8) is 0 Å². The van der Waals surface area contributed by atoms with E-state index in [4.69, 9.17) is 5.11 Å². The predicted octanol–water partition coefficient (Wildman–Crippen LogP) is 3.69. The molecule has 1 heteroatoms. The Kier molecular flexibility index (Phi) is 3.56. The summed E-state index contributed by atoms with van der Waals surface area (Å²) in [5, 5.41) is 8.95. The molecule has 0 heterocycles. The second kappa shape index (κ2) is 4.70. The number of aliphatic hydroxyl groups excluding tert-OH is 1. The lowest BCUT2D eigenvalue weighted by Crippen LogP contribution is -1.80. The van der Waals surface area contributed by atoms with Gasteiger partial charge in [0.15, 0.2) is 0 Å². The molecule has 1 N–H and O–H groups in total. The van der Waals surface area contributed by atoms with Crippen molar-refractivity contribution in [1.82, 2.24) is 0 Å². The van der Waals surface area contributed by atoms with Gasteiger partial charge in [-0.3, -0.25) is 0 Å². The Hall–Kier alpha value is -1.24. The van der Waals surface area contributed by atoms with E-state index in [2.05, 4.69) is 6.58 Å². The summed E-state index contributed by atoms with van der Waals surface area (Å²) < 4.78 is 0. The van der Waals surface area contributed by atoms with E-state index in [-0.39, 0.29) is 5.76 Å². The Morgan fingerprint density at radius 3 is 2.23 bits per heavy atom. The van der Waals surface area contributed by atoms with E-state index in [1.807, 2.05) is 31.2 Å². The Morgan fingerprint density at radius 1 is 1.31 bits per heavy atom. The van der Waals surface area contributed by atoms with Gasteiger partial charge in [0.05, 0.1) is 0 Å². The van der Waals surface area contributed by atoms with Crippen molar-refractivity contribution >= 4 is 5.76 Å². The molecule has 0 saturated heterocycles. The maximum atomic E-state index is 8.95. The van der Waals surface area contributed by atoms with Crippen molar-refractivity contribution < 1.29 is 5.11 Å². The molecule has 1 saturated carbocycles. The highest BCUT2D eigenvalue weighted by atomic mass is 16.3. The fourth-order valence-corrected chi connectivity index (χ4v) is 0.825. The largest absolute Gasteiger partial charge is 0.508 e. The number of aliphatic hydroxyl groups is 1. The number of aryl methyl sites for hydroxylation is 1. The summed E-state index contributed by atoms with van der Waals surface area (Å²) in [6.45, 7) is 5.40. The molecule has 1 nitrogen and oxygen atoms in total. The molecule has 0 spiro atoms. The van der Waals surface area contributed by atoms with Crippen LogP contribution >= 0.6 is 0 Å². The first-order valence-corrected chi connectivity index (χ1v) is 4.65. The highest BCUT2D eigenvalue weighted by molar-refractivity contribution is 5.56. The molecule has 0 aliphatic heterocycles. The average molecular weight is 176 g/mol. The van der Waals surface area contributed by atoms with Gasteiger partial charge in [-0.25, -0.2) is 0 Å². The molecular formula is C12H16O. The Balaban J connectivity index is 0.000000236. The maximum Gasteiger partial charge on any atom is 0.115 e. The number of rotatable bonds is 1. The molecule has 1 aliphatic carbocycles. The summed E-state index contributed by atoms with van der Waals surface area (Å²) in [5.74, 6) is 0.128. The first-order chi connectivity index (χ1) is 6.20. The average Bonchev–Trinajstić information content (AvgIpc) is 2.89. The maximum absolute atomic E-state index is 8.95. The smallest absolute Gasteiger partial charge is 0.115 e. The van der Waals surface area contributed by atoms with Gasteiger partial charge in [0.2, 0.25) is 0 Å². The SMILES string of the molecule is C1CC1.C=C(O)c1cccc(C)c1. The van der Waals surface area contributed by atoms with Gasteiger partial charge in [-0.2, -0.15) is 0 Å². The third-order valence-electron chi connectivity index (χ3n) is 1.70. The Morgan fingerprint density at radius 2 is 1.92 bits per heavy atom. The van der Waals surface area contributed by atoms with Crippen molar-refractivity contribution in [1.29, 1.82) is 0 Å². The molecular weight excluding hydrogens is 160 g/mol. The lowest BCUT2D eigenvalue weighted by Gasteiger charge is -1.97. The molecule has 2 rings (SSSR count). The van der Waals surface area contributed by atoms with E-state index in [9.17, 15) is 0 Å². The van der Waals surface area contributed by atoms with E-state index in [0.717, 1.165) is 11.1 Å². The van der Waals surface area contributed by atoms with Crippen molar-refractivity contribution in [2.75, 3.05) is 0 Å². The summed E-state index contributed by atoms with van der Waals surface area (Å²) in [6.07, 6.45) is 4.50. The summed E-state index contributed by atoms with van der Waals surface area (Å²) in [7, 11) is 0. The summed E-state index contributed by atoms with van der Waals surface area (Å²) in [6, 6.07) is 7.59. The minimum Gasteiger partial charge on any atom is -0.508 e. The zero-order valence-electron chi connectivity index (χ0n) is 8.09. The molecule has 0 amide bonds. The van der Waals surface area contributed by atoms with Gasteiger partial charge in [-0.05, 0) is 13.0 Å². The van der Waals surface area contributed by atoms with E-state index in [1.54, 1.807) is 0 Å². The normalized spacial score (nSPS) is 12.7. The number of hydrogen-bond donors (Lipinski definition) is 1. The van der Waals surface area contributed by atoms with Gasteiger partial charge in [-0.15, -0.1) is 0 Å². The van der Waals surface area contributed by atoms with Gasteiger partial charge in [-0.1, -0.05) is 49.6 Å². The monoisotopic (exact) mass is 176 g/mol. The molecule has 0 unspecified atom stereocenters. The zero-order valence-corrected chi connectivity index (χ0v) is 8.09. The second-order valence-corrected chi connectivity index (χ2v) is 3.38. The summed E-state index contributed by atoms with van der Waals surface area (Å²) >= 11 is 0. The van der Waals surface area contributed by atoms with Crippen LogP contribution in [0.2, 0.25) is 0 Å². The van der Waals surface area contributed by atoms with Gasteiger partial charge in [0.1, 0.15) is 5.76 Å². The fraction of sp³-hybridized carbons (Fsp3) is 0.333. The second-order valence-electron chi connectivity index (χ2n) is 3.38. The van der Waals surface area contributed by atoms with Crippen LogP contribution in [0, 0.1) is 6.92 Å². The van der Waals surface area contributed by atoms with Crippen LogP contribution in [0.15, 0.2) is 30.8 Å². The molecule has 13 heavy (non-hydrogen) atoms. The van der Waals surface area contributed by atoms with Crippen LogP contribution in [0.5, 0.6) is 0 Å². The van der Waals surface area contributed by atoms with Crippen molar-refractivity contribution in [2.24, 2.45) is 0 Å². The highest BCUT2D eigenvalue weighted by Gasteiger charge is 1.95. The van der Waals surface area contributed by atoms with Gasteiger partial charge < -0.3 is 5.11 Å². The van der Waals surface area contributed by atoms with Crippen LogP contribution in [-0.4, -0.2) is 5.11 Å². The molecule has 0 aromatic heterocycles. The topological polar surface area (TPSA) is 20.2 Å². The van der Waals surface area contributed by atoms with Crippen LogP contribution in [0.4, 0.5) is 0 Å². The predicted molar refractivity (Wildman–Crippen MR) is 56.7 cm³/mol. The quantitative estimate of drug-likeness (QED) is 0.647. The molecule has 0 bridgehead atoms. The molecule has 0 atom stereocenters. The fourth-order valence-electron chi connectivity index (χ4n) is 0.825. The van der Waals surface area contributed by atoms with Crippen LogP contribution in [-0.2, 0) is 0 Å². The Labute approximate surface area is 79.7 Å². The summed E-state index contributed by atoms with van der Waals surface area (Å²) in [5.41, 5.74) is 1.92. The first-order valence-electron chi connectivity index (χ1n) is 4.65. The van der Waals surface area contributed by atoms with Gasteiger partial charge in [0, 0.05) is 5.56 Å². The van der Waals surface area contributed by atoms with Crippen molar-refractivity contribution in [3.8, 4) is 0 Å². The lowest BCUT2D eigenvalue weighted by molar-refractivity contribution is 0.514. The van der Waals surface area contributed by atoms with E-state index in [1.165, 1.54) is 19.3 Å². The molecule has 1 aromatic carbocycles. The molecule has 1 fully saturated rings. The summed E-state index contributed by atoms with van der Waals surface area (Å²) in [4.78, 5) is 0. The van der Waals surface area contributed by atoms with Crippen molar-refractivity contribution in [2.45, 2.75) is 26.2 Å². The minimum atomic E-state index is 0.128. The number of benzene rings is 1. The lowest BCUT2D eigenvalue weighted by atomic mass is 10.1. The van der Waals surface area contributed by atoms with Crippen LogP contribution < -0.4 is 0 Å². The van der Waals surface area contributed by atoms with E-state index < -0.39 is 0 Å². The number of hydrogen-bond acceptors (Lipinski definition) is 1. The minimum absolute atomic E-state index is 0.128. The van der Waals surface area contributed by atoms with Crippen LogP contribution in [0.1, 0.15) is 30.4 Å². The van der Waals surface area contributed by atoms with Crippen molar-refractivity contribution in [3.05, 3.63) is 42.0 Å². The first kappa shape index (κ1) is 9.85. The van der Waals surface area contributed by atoms with E-state index in [0.29, 0.717) is 0 Å². The molecule has 70 valence electrons. The standard InChI is InChI=1S/C9H10O.C3H6/c1-7-4-3-5-9(6-7)8(2)10;1-2-3-1/h3-6,10H,2H2,1H3;1-3H2. The zero-order chi connectivity index (χ0) is 9.68. The Bertz CT molecular complexity index is 284. The van der Waals surface area contributed by atoms with Gasteiger partial charge >= 0.3 is 0 Å². The molecule has 0 radical (unpaired) electrons. The molecule has 1 aliphatic rings. The van der Waals surface area contributed by atoms with Gasteiger partial charge in [0.25, 0.3) is 0 Å². The third kappa shape index (κ3) is 4.36. The highest BCUT2D eigenvalue weighted by Crippen LogP contribution is 2.14. The van der Waals surface area contributed by atoms with Crippen LogP contribution in [0.3, 0.4) is 0 Å². The van der Waals surface area contributed by atoms with Crippen LogP contribution in [0.25, 0.3) is 5.76 Å². The third-order valence-corrected chi connectivity index (χ3v) is 1.70. The molecule has 1 aromatic rings.